The molecule has 1 heterocycles. The lowest BCUT2D eigenvalue weighted by Gasteiger charge is -2.31. The van der Waals surface area contributed by atoms with Gasteiger partial charge in [0.15, 0.2) is 0 Å². The molecule has 116 valence electrons. The summed E-state index contributed by atoms with van der Waals surface area (Å²) in [6.07, 6.45) is 7.85. The third-order valence-electron chi connectivity index (χ3n) is 3.89. The minimum absolute atomic E-state index is 0.0318. The molecule has 1 atom stereocenters. The number of nitrogens with zero attached hydrogens (tertiary/aromatic N) is 1. The van der Waals surface area contributed by atoms with Gasteiger partial charge < -0.3 is 5.32 Å². The SMILES string of the molecule is CCCCCCCC(C)(NC(C)C)c1nc(C)c(C)s1. The van der Waals surface area contributed by atoms with Crippen LogP contribution in [0.15, 0.2) is 0 Å². The summed E-state index contributed by atoms with van der Waals surface area (Å²) in [5, 5.41) is 5.01. The molecule has 0 saturated heterocycles. The first-order chi connectivity index (χ1) is 9.39. The van der Waals surface area contributed by atoms with Crippen molar-refractivity contribution >= 4 is 11.3 Å². The van der Waals surface area contributed by atoms with E-state index in [2.05, 4.69) is 46.9 Å². The van der Waals surface area contributed by atoms with Gasteiger partial charge in [-0.3, -0.25) is 0 Å². The summed E-state index contributed by atoms with van der Waals surface area (Å²) in [6, 6.07) is 0.486. The molecule has 0 amide bonds. The van der Waals surface area contributed by atoms with E-state index in [1.807, 2.05) is 11.3 Å². The Morgan fingerprint density at radius 2 is 1.80 bits per heavy atom. The molecule has 1 aromatic rings. The van der Waals surface area contributed by atoms with Crippen LogP contribution < -0.4 is 5.32 Å². The molecule has 1 N–H and O–H groups in total. The van der Waals surface area contributed by atoms with Crippen molar-refractivity contribution in [2.45, 2.75) is 91.6 Å². The van der Waals surface area contributed by atoms with Gasteiger partial charge in [-0.2, -0.15) is 0 Å². The Kier molecular flexibility index (Phi) is 7.18. The summed E-state index contributed by atoms with van der Waals surface area (Å²) in [7, 11) is 0. The van der Waals surface area contributed by atoms with Crippen LogP contribution in [0.3, 0.4) is 0 Å². The summed E-state index contributed by atoms with van der Waals surface area (Å²) < 4.78 is 0. The van der Waals surface area contributed by atoms with Crippen molar-refractivity contribution in [1.82, 2.24) is 10.3 Å². The summed E-state index contributed by atoms with van der Waals surface area (Å²) in [5.74, 6) is 0. The van der Waals surface area contributed by atoms with E-state index in [9.17, 15) is 0 Å². The summed E-state index contributed by atoms with van der Waals surface area (Å²) in [5.41, 5.74) is 1.22. The Morgan fingerprint density at radius 3 is 2.30 bits per heavy atom. The van der Waals surface area contributed by atoms with E-state index in [4.69, 9.17) is 4.98 Å². The van der Waals surface area contributed by atoms with Crippen LogP contribution in [0.25, 0.3) is 0 Å². The van der Waals surface area contributed by atoms with Crippen LogP contribution in [0, 0.1) is 13.8 Å². The van der Waals surface area contributed by atoms with Gasteiger partial charge in [-0.1, -0.05) is 39.0 Å². The van der Waals surface area contributed by atoms with Crippen molar-refractivity contribution in [3.05, 3.63) is 15.6 Å². The maximum atomic E-state index is 4.81. The zero-order valence-corrected chi connectivity index (χ0v) is 15.0. The van der Waals surface area contributed by atoms with E-state index in [0.29, 0.717) is 6.04 Å². The third-order valence-corrected chi connectivity index (χ3v) is 5.22. The van der Waals surface area contributed by atoms with Crippen molar-refractivity contribution in [2.24, 2.45) is 0 Å². The van der Waals surface area contributed by atoms with E-state index in [1.54, 1.807) is 0 Å². The smallest absolute Gasteiger partial charge is 0.113 e. The highest BCUT2D eigenvalue weighted by atomic mass is 32.1. The molecule has 0 fully saturated rings. The lowest BCUT2D eigenvalue weighted by molar-refractivity contribution is 0.299. The maximum absolute atomic E-state index is 4.81. The van der Waals surface area contributed by atoms with Gasteiger partial charge in [0.25, 0.3) is 0 Å². The summed E-state index contributed by atoms with van der Waals surface area (Å²) >= 11 is 1.86. The van der Waals surface area contributed by atoms with E-state index in [1.165, 1.54) is 54.1 Å². The third kappa shape index (κ3) is 5.17. The van der Waals surface area contributed by atoms with Gasteiger partial charge in [-0.15, -0.1) is 11.3 Å². The fourth-order valence-electron chi connectivity index (χ4n) is 2.67. The molecule has 0 radical (unpaired) electrons. The largest absolute Gasteiger partial charge is 0.303 e. The molecule has 0 spiro atoms. The topological polar surface area (TPSA) is 24.9 Å². The highest BCUT2D eigenvalue weighted by Crippen LogP contribution is 2.32. The highest BCUT2D eigenvalue weighted by molar-refractivity contribution is 7.11. The van der Waals surface area contributed by atoms with Crippen LogP contribution >= 0.6 is 11.3 Å². The predicted octanol–water partition coefficient (Wildman–Crippen LogP) is 5.33. The molecule has 1 unspecified atom stereocenters. The van der Waals surface area contributed by atoms with Crippen LogP contribution in [0.1, 0.15) is 81.8 Å². The molecule has 0 bridgehead atoms. The fraction of sp³-hybridized carbons (Fsp3) is 0.824. The Hall–Kier alpha value is -0.410. The molecule has 1 rings (SSSR count). The number of nitrogens with one attached hydrogen (secondary N) is 1. The van der Waals surface area contributed by atoms with E-state index in [-0.39, 0.29) is 5.54 Å². The van der Waals surface area contributed by atoms with Crippen molar-refractivity contribution in [2.75, 3.05) is 0 Å². The molecule has 1 aromatic heterocycles. The van der Waals surface area contributed by atoms with Crippen LogP contribution in [0.2, 0.25) is 0 Å². The number of unbranched alkanes of at least 4 members (excludes halogenated alkanes) is 4. The van der Waals surface area contributed by atoms with Crippen LogP contribution in [-0.2, 0) is 5.54 Å². The number of thiazole rings is 1. The Balaban J connectivity index is 2.70. The summed E-state index contributed by atoms with van der Waals surface area (Å²) in [4.78, 5) is 6.16. The fourth-order valence-corrected chi connectivity index (χ4v) is 3.72. The van der Waals surface area contributed by atoms with Gasteiger partial charge in [0.05, 0.1) is 11.2 Å². The van der Waals surface area contributed by atoms with Crippen molar-refractivity contribution < 1.29 is 0 Å². The molecule has 0 aromatic carbocycles. The first-order valence-electron chi connectivity index (χ1n) is 8.11. The number of aromatic nitrogens is 1. The van der Waals surface area contributed by atoms with E-state index < -0.39 is 0 Å². The monoisotopic (exact) mass is 296 g/mol. The quantitative estimate of drug-likeness (QED) is 0.623. The summed E-state index contributed by atoms with van der Waals surface area (Å²) in [6.45, 7) is 13.3. The average Bonchev–Trinajstić information content (AvgIpc) is 2.69. The van der Waals surface area contributed by atoms with Gasteiger partial charge in [0, 0.05) is 10.9 Å². The number of rotatable bonds is 9. The number of aryl methyl sites for hydroxylation is 2. The average molecular weight is 297 g/mol. The second kappa shape index (κ2) is 8.14. The lowest BCUT2D eigenvalue weighted by atomic mass is 9.93. The zero-order valence-electron chi connectivity index (χ0n) is 14.2. The molecule has 20 heavy (non-hydrogen) atoms. The van der Waals surface area contributed by atoms with E-state index in [0.717, 1.165) is 0 Å². The molecule has 0 aliphatic carbocycles. The number of hydrogen-bond donors (Lipinski definition) is 1. The predicted molar refractivity (Wildman–Crippen MR) is 90.6 cm³/mol. The molecular formula is C17H32N2S. The first-order valence-corrected chi connectivity index (χ1v) is 8.93. The minimum atomic E-state index is 0.0318. The molecule has 0 aliphatic heterocycles. The van der Waals surface area contributed by atoms with Crippen LogP contribution in [-0.4, -0.2) is 11.0 Å². The van der Waals surface area contributed by atoms with Crippen molar-refractivity contribution in [3.8, 4) is 0 Å². The normalized spacial score (nSPS) is 14.8. The molecule has 2 nitrogen and oxygen atoms in total. The highest BCUT2D eigenvalue weighted by Gasteiger charge is 2.30. The molecule has 0 aliphatic rings. The zero-order chi connectivity index (χ0) is 15.2. The second-order valence-corrected chi connectivity index (χ2v) is 7.66. The molecule has 0 saturated carbocycles. The minimum Gasteiger partial charge on any atom is -0.303 e. The Labute approximate surface area is 129 Å². The Bertz CT molecular complexity index is 378. The van der Waals surface area contributed by atoms with Crippen molar-refractivity contribution in [1.29, 1.82) is 0 Å². The van der Waals surface area contributed by atoms with Crippen LogP contribution in [0.4, 0.5) is 0 Å². The van der Waals surface area contributed by atoms with Crippen molar-refractivity contribution in [3.63, 3.8) is 0 Å². The van der Waals surface area contributed by atoms with Gasteiger partial charge >= 0.3 is 0 Å². The van der Waals surface area contributed by atoms with Gasteiger partial charge in [0.2, 0.25) is 0 Å². The van der Waals surface area contributed by atoms with Gasteiger partial charge in [-0.25, -0.2) is 4.98 Å². The first kappa shape index (κ1) is 17.6. The Morgan fingerprint density at radius 1 is 1.15 bits per heavy atom. The van der Waals surface area contributed by atoms with Crippen LogP contribution in [0.5, 0.6) is 0 Å². The number of hydrogen-bond acceptors (Lipinski definition) is 3. The maximum Gasteiger partial charge on any atom is 0.113 e. The van der Waals surface area contributed by atoms with Gasteiger partial charge in [-0.05, 0) is 41.0 Å². The second-order valence-electron chi connectivity index (χ2n) is 6.46. The van der Waals surface area contributed by atoms with E-state index >= 15 is 0 Å². The van der Waals surface area contributed by atoms with Gasteiger partial charge in [0.1, 0.15) is 5.01 Å². The molecular weight excluding hydrogens is 264 g/mol. The molecule has 3 heteroatoms. The standard InChI is InChI=1S/C17H32N2S/c1-7-8-9-10-11-12-17(6,19-13(2)3)16-18-14(4)15(5)20-16/h13,19H,7-12H2,1-6H3. The lowest BCUT2D eigenvalue weighted by Crippen LogP contribution is -2.43.